The van der Waals surface area contributed by atoms with Crippen molar-refractivity contribution in [2.45, 2.75) is 39.7 Å². The van der Waals surface area contributed by atoms with E-state index in [1.165, 1.54) is 12.0 Å². The zero-order valence-corrected chi connectivity index (χ0v) is 22.5. The molecule has 1 aliphatic heterocycles. The molecule has 1 aliphatic rings. The van der Waals surface area contributed by atoms with Gasteiger partial charge < -0.3 is 29.1 Å². The van der Waals surface area contributed by atoms with Crippen LogP contribution in [0.1, 0.15) is 50.8 Å². The van der Waals surface area contributed by atoms with Gasteiger partial charge in [-0.15, -0.1) is 0 Å². The molecule has 0 radical (unpaired) electrons. The minimum Gasteiger partial charge on any atom is -0.507 e. The first-order chi connectivity index (χ1) is 17.9. The molecule has 1 atom stereocenters. The van der Waals surface area contributed by atoms with E-state index < -0.39 is 17.7 Å². The Labute approximate surface area is 219 Å². The van der Waals surface area contributed by atoms with Gasteiger partial charge in [-0.3, -0.25) is 9.59 Å². The zero-order chi connectivity index (χ0) is 26.9. The number of nitrogens with zero attached hydrogens (tertiary/aromatic N) is 2. The van der Waals surface area contributed by atoms with Crippen molar-refractivity contribution in [1.29, 1.82) is 0 Å². The number of amides is 1. The summed E-state index contributed by atoms with van der Waals surface area (Å²) in [5.74, 6) is 0.130. The number of hydrogen-bond donors (Lipinski definition) is 1. The van der Waals surface area contributed by atoms with E-state index in [0.29, 0.717) is 48.1 Å². The van der Waals surface area contributed by atoms with Gasteiger partial charge in [-0.05, 0) is 61.5 Å². The largest absolute Gasteiger partial charge is 0.507 e. The number of unbranched alkanes of at least 4 members (excludes halogenated alkanes) is 1. The molecular weight excluding hydrogens is 472 g/mol. The minimum absolute atomic E-state index is 0.0522. The fraction of sp³-hybridized carbons (Fsp3) is 0.448. The van der Waals surface area contributed by atoms with Crippen molar-refractivity contribution >= 4 is 17.4 Å². The third-order valence-corrected chi connectivity index (χ3v) is 6.71. The van der Waals surface area contributed by atoms with Gasteiger partial charge in [0.25, 0.3) is 11.7 Å². The summed E-state index contributed by atoms with van der Waals surface area (Å²) in [6, 6.07) is 11.4. The Kier molecular flexibility index (Phi) is 9.97. The van der Waals surface area contributed by atoms with Gasteiger partial charge in [0, 0.05) is 18.7 Å². The molecule has 2 aromatic carbocycles. The smallest absolute Gasteiger partial charge is 0.295 e. The van der Waals surface area contributed by atoms with Gasteiger partial charge >= 0.3 is 0 Å². The molecule has 1 amide bonds. The van der Waals surface area contributed by atoms with Gasteiger partial charge in [0.1, 0.15) is 11.5 Å². The number of aliphatic hydroxyl groups excluding tert-OH is 1. The first-order valence-corrected chi connectivity index (χ1v) is 12.9. The molecule has 200 valence electrons. The van der Waals surface area contributed by atoms with E-state index in [2.05, 4.69) is 25.7 Å². The van der Waals surface area contributed by atoms with Gasteiger partial charge in [0.2, 0.25) is 0 Å². The predicted octanol–water partition coefficient (Wildman–Crippen LogP) is 4.65. The molecule has 1 saturated heterocycles. The number of carbonyl (C=O) groups is 2. The summed E-state index contributed by atoms with van der Waals surface area (Å²) in [4.78, 5) is 30.3. The van der Waals surface area contributed by atoms with E-state index in [0.717, 1.165) is 25.9 Å². The summed E-state index contributed by atoms with van der Waals surface area (Å²) < 4.78 is 16.6. The lowest BCUT2D eigenvalue weighted by Crippen LogP contribution is -2.38. The van der Waals surface area contributed by atoms with Crippen molar-refractivity contribution in [2.24, 2.45) is 0 Å². The van der Waals surface area contributed by atoms with Crippen molar-refractivity contribution in [3.8, 4) is 17.2 Å². The fourth-order valence-electron chi connectivity index (χ4n) is 4.47. The van der Waals surface area contributed by atoms with Crippen LogP contribution in [0, 0.1) is 0 Å². The Bertz CT molecular complexity index is 1110. The lowest BCUT2D eigenvalue weighted by molar-refractivity contribution is -0.140. The number of aliphatic hydroxyl groups is 1. The molecule has 1 N–H and O–H groups in total. The maximum absolute atomic E-state index is 13.3. The highest BCUT2D eigenvalue weighted by Crippen LogP contribution is 2.42. The summed E-state index contributed by atoms with van der Waals surface area (Å²) in [7, 11) is 3.08. The molecule has 0 aliphatic carbocycles. The second-order valence-corrected chi connectivity index (χ2v) is 8.86. The van der Waals surface area contributed by atoms with Crippen LogP contribution in [-0.2, 0) is 9.59 Å². The molecule has 8 heteroatoms. The molecule has 0 saturated carbocycles. The highest BCUT2D eigenvalue weighted by Gasteiger charge is 2.46. The van der Waals surface area contributed by atoms with Crippen LogP contribution in [0.25, 0.3) is 5.76 Å². The number of hydrogen-bond acceptors (Lipinski definition) is 7. The second kappa shape index (κ2) is 13.1. The monoisotopic (exact) mass is 510 g/mol. The quantitative estimate of drug-likeness (QED) is 0.182. The van der Waals surface area contributed by atoms with Crippen LogP contribution in [0.5, 0.6) is 17.2 Å². The topological polar surface area (TPSA) is 88.5 Å². The third kappa shape index (κ3) is 6.25. The molecule has 0 bridgehead atoms. The molecule has 0 spiro atoms. The molecule has 8 nitrogen and oxygen atoms in total. The van der Waals surface area contributed by atoms with Crippen LogP contribution in [0.4, 0.5) is 0 Å². The Hall–Kier alpha value is -3.52. The highest BCUT2D eigenvalue weighted by atomic mass is 16.5. The van der Waals surface area contributed by atoms with E-state index in [1.807, 2.05) is 0 Å². The average molecular weight is 511 g/mol. The summed E-state index contributed by atoms with van der Waals surface area (Å²) in [5.41, 5.74) is 1.14. The number of Topliss-reactive ketones (excluding diaryl/α,β-unsaturated/α-hetero) is 1. The summed E-state index contributed by atoms with van der Waals surface area (Å²) >= 11 is 0. The number of likely N-dealkylation sites (tertiary alicyclic amines) is 1. The Morgan fingerprint density at radius 2 is 1.65 bits per heavy atom. The molecule has 3 rings (SSSR count). The number of likely N-dealkylation sites (N-methyl/N-ethyl adjacent to an activating group) is 1. The SMILES string of the molecule is CCCCOc1ccc(/C(O)=C2\C(=O)C(=O)N(CCN(CC)CC)C2c2ccc(OC)c(OC)c2)cc1. The summed E-state index contributed by atoms with van der Waals surface area (Å²) in [6.45, 7) is 9.41. The number of ether oxygens (including phenoxy) is 3. The van der Waals surface area contributed by atoms with Crippen molar-refractivity contribution in [3.63, 3.8) is 0 Å². The lowest BCUT2D eigenvalue weighted by Gasteiger charge is -2.28. The van der Waals surface area contributed by atoms with Gasteiger partial charge in [0.05, 0.1) is 32.4 Å². The Balaban J connectivity index is 2.06. The van der Waals surface area contributed by atoms with Gasteiger partial charge in [-0.1, -0.05) is 33.3 Å². The molecular formula is C29H38N2O6. The van der Waals surface area contributed by atoms with Crippen LogP contribution in [0.15, 0.2) is 48.0 Å². The number of rotatable bonds is 13. The van der Waals surface area contributed by atoms with Crippen molar-refractivity contribution in [1.82, 2.24) is 9.80 Å². The number of benzene rings is 2. The first kappa shape index (κ1) is 28.1. The first-order valence-electron chi connectivity index (χ1n) is 12.9. The summed E-state index contributed by atoms with van der Waals surface area (Å²) in [6.07, 6.45) is 1.98. The van der Waals surface area contributed by atoms with E-state index in [9.17, 15) is 14.7 Å². The van der Waals surface area contributed by atoms with Crippen LogP contribution >= 0.6 is 0 Å². The molecule has 1 fully saturated rings. The van der Waals surface area contributed by atoms with E-state index in [4.69, 9.17) is 14.2 Å². The Morgan fingerprint density at radius 3 is 2.24 bits per heavy atom. The molecule has 0 aromatic heterocycles. The summed E-state index contributed by atoms with van der Waals surface area (Å²) in [5, 5.41) is 11.3. The van der Waals surface area contributed by atoms with Gasteiger partial charge in [-0.25, -0.2) is 0 Å². The van der Waals surface area contributed by atoms with Crippen LogP contribution in [-0.4, -0.2) is 73.6 Å². The molecule has 2 aromatic rings. The van der Waals surface area contributed by atoms with Crippen molar-refractivity contribution < 1.29 is 28.9 Å². The van der Waals surface area contributed by atoms with E-state index in [-0.39, 0.29) is 11.3 Å². The maximum Gasteiger partial charge on any atom is 0.295 e. The highest BCUT2D eigenvalue weighted by molar-refractivity contribution is 6.46. The fourth-order valence-corrected chi connectivity index (χ4v) is 4.47. The lowest BCUT2D eigenvalue weighted by atomic mass is 9.95. The van der Waals surface area contributed by atoms with E-state index in [1.54, 1.807) is 49.6 Å². The number of methoxy groups -OCH3 is 2. The van der Waals surface area contributed by atoms with Crippen LogP contribution < -0.4 is 14.2 Å². The molecule has 37 heavy (non-hydrogen) atoms. The number of carbonyl (C=O) groups excluding carboxylic acids is 2. The van der Waals surface area contributed by atoms with E-state index >= 15 is 0 Å². The van der Waals surface area contributed by atoms with Gasteiger partial charge in [-0.2, -0.15) is 0 Å². The van der Waals surface area contributed by atoms with Crippen molar-refractivity contribution in [2.75, 3.05) is 47.0 Å². The van der Waals surface area contributed by atoms with Crippen LogP contribution in [0.2, 0.25) is 0 Å². The average Bonchev–Trinajstić information content (AvgIpc) is 3.18. The zero-order valence-electron chi connectivity index (χ0n) is 22.5. The third-order valence-electron chi connectivity index (χ3n) is 6.71. The Morgan fingerprint density at radius 1 is 0.973 bits per heavy atom. The van der Waals surface area contributed by atoms with Crippen molar-refractivity contribution in [3.05, 3.63) is 59.2 Å². The van der Waals surface area contributed by atoms with Crippen LogP contribution in [0.3, 0.4) is 0 Å². The minimum atomic E-state index is -0.768. The standard InChI is InChI=1S/C29H38N2O6/c1-6-9-18-37-22-13-10-20(11-14-22)27(32)25-26(21-12-15-23(35-4)24(19-21)36-5)31(29(34)28(25)33)17-16-30(7-2)8-3/h10-15,19,26,32H,6-9,16-18H2,1-5H3/b27-25+. The normalized spacial score (nSPS) is 16.9. The van der Waals surface area contributed by atoms with Gasteiger partial charge in [0.15, 0.2) is 11.5 Å². The molecule has 1 heterocycles. The predicted molar refractivity (Wildman–Crippen MR) is 143 cm³/mol. The maximum atomic E-state index is 13.3. The molecule has 1 unspecified atom stereocenters. The second-order valence-electron chi connectivity index (χ2n) is 8.86. The number of ketones is 1.